The molecule has 0 atom stereocenters. The minimum atomic E-state index is -0.278. The standard InChI is InChI=1S/C24H28FN5O2.HI/c1-26-24(30-15-13-29(14-16-30)21-5-3-4-6-22(21)31-2)27-12-11-20-17-32-23(28-20)18-7-9-19(25)10-8-18;/h3-10,17H,11-16H2,1-2H3,(H,26,27);1H. The van der Waals surface area contributed by atoms with Gasteiger partial charge in [0.25, 0.3) is 0 Å². The van der Waals surface area contributed by atoms with Gasteiger partial charge in [-0.3, -0.25) is 4.99 Å². The number of rotatable bonds is 6. The number of guanidine groups is 1. The Kier molecular flexibility index (Phi) is 8.93. The Morgan fingerprint density at radius 3 is 2.55 bits per heavy atom. The number of nitrogens with zero attached hydrogens (tertiary/aromatic N) is 4. The van der Waals surface area contributed by atoms with Gasteiger partial charge in [0.1, 0.15) is 17.8 Å². The summed E-state index contributed by atoms with van der Waals surface area (Å²) in [5.41, 5.74) is 2.73. The molecule has 1 aliphatic heterocycles. The lowest BCUT2D eigenvalue weighted by Crippen LogP contribution is -2.52. The Morgan fingerprint density at radius 2 is 1.85 bits per heavy atom. The van der Waals surface area contributed by atoms with Gasteiger partial charge < -0.3 is 24.3 Å². The normalized spacial score (nSPS) is 14.1. The highest BCUT2D eigenvalue weighted by Crippen LogP contribution is 2.28. The van der Waals surface area contributed by atoms with Crippen molar-refractivity contribution in [3.05, 3.63) is 66.3 Å². The Bertz CT molecular complexity index is 1050. The van der Waals surface area contributed by atoms with Crippen LogP contribution in [0.1, 0.15) is 5.69 Å². The summed E-state index contributed by atoms with van der Waals surface area (Å²) >= 11 is 0. The molecule has 176 valence electrons. The number of oxazole rings is 1. The van der Waals surface area contributed by atoms with Gasteiger partial charge in [-0.25, -0.2) is 9.37 Å². The van der Waals surface area contributed by atoms with Gasteiger partial charge in [0.05, 0.1) is 18.5 Å². The van der Waals surface area contributed by atoms with Gasteiger partial charge in [0.15, 0.2) is 5.96 Å². The molecule has 0 bridgehead atoms. The van der Waals surface area contributed by atoms with Gasteiger partial charge in [-0.05, 0) is 36.4 Å². The van der Waals surface area contributed by atoms with Crippen molar-refractivity contribution in [1.29, 1.82) is 0 Å². The van der Waals surface area contributed by atoms with Crippen LogP contribution in [0.15, 0.2) is 64.2 Å². The molecule has 1 aliphatic rings. The average molecular weight is 565 g/mol. The summed E-state index contributed by atoms with van der Waals surface area (Å²) in [4.78, 5) is 13.6. The van der Waals surface area contributed by atoms with Gasteiger partial charge in [0.2, 0.25) is 5.89 Å². The number of aromatic nitrogens is 1. The second-order valence-corrected chi connectivity index (χ2v) is 7.52. The molecule has 0 aliphatic carbocycles. The number of benzene rings is 2. The van der Waals surface area contributed by atoms with Gasteiger partial charge >= 0.3 is 0 Å². The van der Waals surface area contributed by atoms with Crippen molar-refractivity contribution >= 4 is 35.6 Å². The Morgan fingerprint density at radius 1 is 1.12 bits per heavy atom. The topological polar surface area (TPSA) is 66.1 Å². The fraction of sp³-hybridized carbons (Fsp3) is 0.333. The second-order valence-electron chi connectivity index (χ2n) is 7.52. The minimum absolute atomic E-state index is 0. The first-order valence-corrected chi connectivity index (χ1v) is 10.7. The van der Waals surface area contributed by atoms with Crippen LogP contribution < -0.4 is 15.0 Å². The fourth-order valence-electron chi connectivity index (χ4n) is 3.83. The molecule has 3 aromatic rings. The van der Waals surface area contributed by atoms with Gasteiger partial charge in [-0.1, -0.05) is 12.1 Å². The predicted octanol–water partition coefficient (Wildman–Crippen LogP) is 4.05. The minimum Gasteiger partial charge on any atom is -0.495 e. The molecule has 0 amide bonds. The number of aliphatic imine (C=N–C) groups is 1. The number of hydrogen-bond acceptors (Lipinski definition) is 5. The van der Waals surface area contributed by atoms with E-state index in [0.29, 0.717) is 18.9 Å². The summed E-state index contributed by atoms with van der Waals surface area (Å²) in [7, 11) is 3.51. The van der Waals surface area contributed by atoms with Crippen molar-refractivity contribution in [1.82, 2.24) is 15.2 Å². The van der Waals surface area contributed by atoms with Crippen LogP contribution in [0.3, 0.4) is 0 Å². The van der Waals surface area contributed by atoms with E-state index in [1.54, 1.807) is 32.6 Å². The van der Waals surface area contributed by atoms with E-state index in [4.69, 9.17) is 9.15 Å². The first-order valence-electron chi connectivity index (χ1n) is 10.7. The quantitative estimate of drug-likeness (QED) is 0.277. The van der Waals surface area contributed by atoms with E-state index in [2.05, 4.69) is 31.2 Å². The smallest absolute Gasteiger partial charge is 0.226 e. The van der Waals surface area contributed by atoms with Crippen molar-refractivity contribution < 1.29 is 13.5 Å². The van der Waals surface area contributed by atoms with Crippen molar-refractivity contribution in [3.63, 3.8) is 0 Å². The van der Waals surface area contributed by atoms with E-state index >= 15 is 0 Å². The van der Waals surface area contributed by atoms with Crippen molar-refractivity contribution in [3.8, 4) is 17.2 Å². The lowest BCUT2D eigenvalue weighted by molar-refractivity contribution is 0.367. The molecule has 33 heavy (non-hydrogen) atoms. The third-order valence-electron chi connectivity index (χ3n) is 5.52. The second kappa shape index (κ2) is 11.9. The van der Waals surface area contributed by atoms with Crippen LogP contribution in [0.4, 0.5) is 10.1 Å². The summed E-state index contributed by atoms with van der Waals surface area (Å²) in [6.07, 6.45) is 2.35. The molecule has 1 N–H and O–H groups in total. The Balaban J connectivity index is 0.00000306. The lowest BCUT2D eigenvalue weighted by atomic mass is 10.2. The average Bonchev–Trinajstić information content (AvgIpc) is 3.31. The zero-order valence-corrected chi connectivity index (χ0v) is 21.2. The number of ether oxygens (including phenoxy) is 1. The number of anilines is 1. The maximum absolute atomic E-state index is 13.1. The van der Waals surface area contributed by atoms with E-state index in [9.17, 15) is 4.39 Å². The highest BCUT2D eigenvalue weighted by molar-refractivity contribution is 14.0. The maximum Gasteiger partial charge on any atom is 0.226 e. The van der Waals surface area contributed by atoms with Crippen LogP contribution in [0.5, 0.6) is 5.75 Å². The zero-order valence-electron chi connectivity index (χ0n) is 18.8. The van der Waals surface area contributed by atoms with Crippen LogP contribution in [0, 0.1) is 5.82 Å². The largest absolute Gasteiger partial charge is 0.495 e. The monoisotopic (exact) mass is 565 g/mol. The van der Waals surface area contributed by atoms with Crippen LogP contribution >= 0.6 is 24.0 Å². The number of nitrogens with one attached hydrogen (secondary N) is 1. The summed E-state index contributed by atoms with van der Waals surface area (Å²) in [5.74, 6) is 2.00. The van der Waals surface area contributed by atoms with Crippen LogP contribution in [0.25, 0.3) is 11.5 Å². The highest BCUT2D eigenvalue weighted by atomic mass is 127. The van der Waals surface area contributed by atoms with E-state index in [1.807, 2.05) is 18.2 Å². The van der Waals surface area contributed by atoms with Crippen molar-refractivity contribution in [2.24, 2.45) is 4.99 Å². The number of piperazine rings is 1. The molecule has 2 aromatic carbocycles. The number of para-hydroxylation sites is 2. The third-order valence-corrected chi connectivity index (χ3v) is 5.52. The molecule has 1 saturated heterocycles. The molecular weight excluding hydrogens is 536 g/mol. The molecule has 4 rings (SSSR count). The molecule has 0 spiro atoms. The van der Waals surface area contributed by atoms with Gasteiger partial charge in [-0.2, -0.15) is 0 Å². The molecule has 0 unspecified atom stereocenters. The zero-order chi connectivity index (χ0) is 22.3. The summed E-state index contributed by atoms with van der Waals surface area (Å²) in [6, 6.07) is 14.2. The predicted molar refractivity (Wildman–Crippen MR) is 139 cm³/mol. The summed E-state index contributed by atoms with van der Waals surface area (Å²) < 4.78 is 24.1. The molecule has 1 aromatic heterocycles. The van der Waals surface area contributed by atoms with Crippen LogP contribution in [-0.4, -0.2) is 62.7 Å². The van der Waals surface area contributed by atoms with Gasteiger partial charge in [0, 0.05) is 51.8 Å². The number of hydrogen-bond donors (Lipinski definition) is 1. The van der Waals surface area contributed by atoms with Gasteiger partial charge in [-0.15, -0.1) is 24.0 Å². The Labute approximate surface area is 210 Å². The molecular formula is C24H29FIN5O2. The van der Waals surface area contributed by atoms with E-state index in [1.165, 1.54) is 12.1 Å². The van der Waals surface area contributed by atoms with Crippen LogP contribution in [-0.2, 0) is 6.42 Å². The summed E-state index contributed by atoms with van der Waals surface area (Å²) in [5, 5.41) is 3.42. The first-order chi connectivity index (χ1) is 15.7. The molecule has 0 saturated carbocycles. The van der Waals surface area contributed by atoms with E-state index in [0.717, 1.165) is 54.8 Å². The molecule has 0 radical (unpaired) electrons. The molecule has 7 nitrogen and oxygen atoms in total. The van der Waals surface area contributed by atoms with Crippen LogP contribution in [0.2, 0.25) is 0 Å². The maximum atomic E-state index is 13.1. The van der Waals surface area contributed by atoms with Crippen molar-refractivity contribution in [2.45, 2.75) is 6.42 Å². The Hall–Kier alpha value is -2.82. The van der Waals surface area contributed by atoms with E-state index in [-0.39, 0.29) is 29.8 Å². The SMILES string of the molecule is CN=C(NCCc1coc(-c2ccc(F)cc2)n1)N1CCN(c2ccccc2OC)CC1.I. The fourth-order valence-corrected chi connectivity index (χ4v) is 3.83. The molecule has 1 fully saturated rings. The molecule has 9 heteroatoms. The van der Waals surface area contributed by atoms with Crippen molar-refractivity contribution in [2.75, 3.05) is 51.8 Å². The first kappa shape index (κ1) is 24.8. The third kappa shape index (κ3) is 6.16. The number of methoxy groups -OCH3 is 1. The highest BCUT2D eigenvalue weighted by Gasteiger charge is 2.21. The summed E-state index contributed by atoms with van der Waals surface area (Å²) in [6.45, 7) is 4.22. The molecule has 2 heterocycles. The number of halogens is 2. The lowest BCUT2D eigenvalue weighted by Gasteiger charge is -2.38. The van der Waals surface area contributed by atoms with E-state index < -0.39 is 0 Å².